The van der Waals surface area contributed by atoms with E-state index >= 15 is 0 Å². The maximum absolute atomic E-state index is 14.5. The van der Waals surface area contributed by atoms with Crippen LogP contribution in [0.25, 0.3) is 10.8 Å². The lowest BCUT2D eigenvalue weighted by atomic mass is 9.96. The molecule has 0 bridgehead atoms. The van der Waals surface area contributed by atoms with Crippen LogP contribution in [0.1, 0.15) is 25.3 Å². The molecule has 2 aromatic heterocycles. The van der Waals surface area contributed by atoms with Crippen LogP contribution in [0.2, 0.25) is 5.02 Å². The fourth-order valence-electron chi connectivity index (χ4n) is 6.05. The Kier molecular flexibility index (Phi) is 6.12. The number of carbonyl (C=O) groups excluding carboxylic acids is 1. The fraction of sp³-hybridized carbons (Fsp3) is 0.519. The van der Waals surface area contributed by atoms with Gasteiger partial charge in [0.15, 0.2) is 0 Å². The highest BCUT2D eigenvalue weighted by Gasteiger charge is 2.53. The number of nitrogens with zero attached hydrogens (tertiary/aromatic N) is 5. The van der Waals surface area contributed by atoms with Crippen molar-refractivity contribution in [3.63, 3.8) is 0 Å². The van der Waals surface area contributed by atoms with E-state index in [2.05, 4.69) is 38.2 Å². The molecule has 1 saturated carbocycles. The second-order valence-corrected chi connectivity index (χ2v) is 11.3. The van der Waals surface area contributed by atoms with Crippen LogP contribution in [0.4, 0.5) is 15.9 Å². The highest BCUT2D eigenvalue weighted by atomic mass is 35.5. The number of hydrogen-bond acceptors (Lipinski definition) is 6. The number of alkyl halides is 1. The van der Waals surface area contributed by atoms with Gasteiger partial charge in [0.05, 0.1) is 35.7 Å². The van der Waals surface area contributed by atoms with E-state index in [0.29, 0.717) is 17.4 Å². The number of aromatic nitrogens is 3. The predicted octanol–water partition coefficient (Wildman–Crippen LogP) is 3.86. The summed E-state index contributed by atoms with van der Waals surface area (Å²) in [6.45, 7) is 7.62. The van der Waals surface area contributed by atoms with Gasteiger partial charge in [-0.3, -0.25) is 14.4 Å². The minimum Gasteiger partial charge on any atom is -0.376 e. The second kappa shape index (κ2) is 9.22. The van der Waals surface area contributed by atoms with E-state index in [0.717, 1.165) is 48.2 Å². The molecule has 1 aliphatic carbocycles. The molecule has 37 heavy (non-hydrogen) atoms. The van der Waals surface area contributed by atoms with Crippen LogP contribution in [-0.2, 0) is 16.6 Å². The summed E-state index contributed by atoms with van der Waals surface area (Å²) in [5, 5.41) is 9.78. The van der Waals surface area contributed by atoms with Crippen LogP contribution in [0.15, 0.2) is 36.8 Å². The molecule has 196 valence electrons. The minimum atomic E-state index is -0.970. The standard InChI is InChI=1S/C27H32ClFN6O2/c1-16-24(19-12-31-33(3)13-19)25(16)26(36)32-23-10-17-9-21(20(28)8-18(17)11-30-23)34-4-6-35(7-5-34)27(2)15-37-14-22(27)29/h8-13,16,22,24-25H,4-7,14-15H2,1-3H3,(H,30,32,36)/t16-,22+,24+,25-,27-/m1/s1. The Morgan fingerprint density at radius 2 is 1.97 bits per heavy atom. The van der Waals surface area contributed by atoms with Gasteiger partial charge in [0.1, 0.15) is 12.0 Å². The van der Waals surface area contributed by atoms with Gasteiger partial charge in [0, 0.05) is 62.8 Å². The number of halogens is 2. The number of ether oxygens (including phenoxy) is 1. The number of rotatable bonds is 5. The molecule has 4 heterocycles. The van der Waals surface area contributed by atoms with Crippen molar-refractivity contribution in [2.24, 2.45) is 18.9 Å². The summed E-state index contributed by atoms with van der Waals surface area (Å²) in [5.41, 5.74) is 1.47. The summed E-state index contributed by atoms with van der Waals surface area (Å²) < 4.78 is 21.7. The summed E-state index contributed by atoms with van der Waals surface area (Å²) >= 11 is 6.68. The molecular formula is C27H32ClFN6O2. The van der Waals surface area contributed by atoms with Gasteiger partial charge in [-0.1, -0.05) is 18.5 Å². The number of amides is 1. The zero-order valence-electron chi connectivity index (χ0n) is 21.3. The zero-order valence-corrected chi connectivity index (χ0v) is 22.1. The topological polar surface area (TPSA) is 75.5 Å². The summed E-state index contributed by atoms with van der Waals surface area (Å²) in [7, 11) is 1.88. The number of pyridine rings is 1. The van der Waals surface area contributed by atoms with Crippen molar-refractivity contribution in [3.8, 4) is 0 Å². The first-order chi connectivity index (χ1) is 17.7. The van der Waals surface area contributed by atoms with Crippen molar-refractivity contribution in [2.75, 3.05) is 49.6 Å². The van der Waals surface area contributed by atoms with Gasteiger partial charge in [-0.15, -0.1) is 0 Å². The minimum absolute atomic E-state index is 0.0194. The average molecular weight is 527 g/mol. The molecule has 0 unspecified atom stereocenters. The Balaban J connectivity index is 1.16. The van der Waals surface area contributed by atoms with Gasteiger partial charge < -0.3 is 15.0 Å². The third-order valence-corrected chi connectivity index (χ3v) is 8.81. The second-order valence-electron chi connectivity index (χ2n) is 10.9. The van der Waals surface area contributed by atoms with E-state index in [9.17, 15) is 9.18 Å². The SMILES string of the molecule is C[C@H]1[C@@H](C(=O)Nc2cc3cc(N4CCN([C@]5(C)COC[C@@H]5F)CC4)c(Cl)cc3cn2)[C@@H]1c1cnn(C)c1. The van der Waals surface area contributed by atoms with Crippen molar-refractivity contribution in [2.45, 2.75) is 31.5 Å². The number of aryl methyl sites for hydroxylation is 1. The Hall–Kier alpha value is -2.75. The lowest BCUT2D eigenvalue weighted by Gasteiger charge is -2.44. The predicted molar refractivity (Wildman–Crippen MR) is 142 cm³/mol. The van der Waals surface area contributed by atoms with Crippen LogP contribution >= 0.6 is 11.6 Å². The quantitative estimate of drug-likeness (QED) is 0.544. The van der Waals surface area contributed by atoms with Crippen LogP contribution in [0, 0.1) is 11.8 Å². The number of anilines is 2. The van der Waals surface area contributed by atoms with E-state index in [1.165, 1.54) is 0 Å². The molecule has 3 aromatic rings. The number of carbonyl (C=O) groups is 1. The monoisotopic (exact) mass is 526 g/mol. The largest absolute Gasteiger partial charge is 0.376 e. The fourth-order valence-corrected chi connectivity index (χ4v) is 6.34. The molecule has 0 radical (unpaired) electrons. The Morgan fingerprint density at radius 1 is 1.19 bits per heavy atom. The van der Waals surface area contributed by atoms with Crippen LogP contribution in [0.5, 0.6) is 0 Å². The molecule has 1 N–H and O–H groups in total. The molecule has 3 fully saturated rings. The van der Waals surface area contributed by atoms with Crippen molar-refractivity contribution >= 4 is 39.8 Å². The Labute approximate surface area is 220 Å². The first-order valence-electron chi connectivity index (χ1n) is 12.8. The maximum Gasteiger partial charge on any atom is 0.229 e. The van der Waals surface area contributed by atoms with Gasteiger partial charge in [0.2, 0.25) is 5.91 Å². The molecular weight excluding hydrogens is 495 g/mol. The third-order valence-electron chi connectivity index (χ3n) is 8.51. The highest BCUT2D eigenvalue weighted by Crippen LogP contribution is 2.54. The van der Waals surface area contributed by atoms with Crippen molar-refractivity contribution in [1.82, 2.24) is 19.7 Å². The molecule has 0 spiro atoms. The van der Waals surface area contributed by atoms with Crippen molar-refractivity contribution < 1.29 is 13.9 Å². The van der Waals surface area contributed by atoms with E-state index in [-0.39, 0.29) is 30.3 Å². The summed E-state index contributed by atoms with van der Waals surface area (Å²) in [6, 6.07) is 5.88. The van der Waals surface area contributed by atoms with Crippen LogP contribution in [0.3, 0.4) is 0 Å². The molecule has 1 aromatic carbocycles. The summed E-state index contributed by atoms with van der Waals surface area (Å²) in [4.78, 5) is 21.9. The molecule has 1 amide bonds. The normalized spacial score (nSPS) is 30.1. The van der Waals surface area contributed by atoms with Gasteiger partial charge in [-0.2, -0.15) is 5.10 Å². The van der Waals surface area contributed by atoms with E-state index in [1.807, 2.05) is 38.5 Å². The van der Waals surface area contributed by atoms with Crippen LogP contribution in [-0.4, -0.2) is 76.7 Å². The number of hydrogen-bond donors (Lipinski definition) is 1. The summed E-state index contributed by atoms with van der Waals surface area (Å²) in [5.74, 6) is 0.870. The average Bonchev–Trinajstić information content (AvgIpc) is 3.15. The van der Waals surface area contributed by atoms with E-state index in [4.69, 9.17) is 16.3 Å². The molecule has 2 aliphatic heterocycles. The first-order valence-corrected chi connectivity index (χ1v) is 13.2. The molecule has 8 nitrogen and oxygen atoms in total. The first kappa shape index (κ1) is 24.6. The molecule has 2 saturated heterocycles. The number of piperazine rings is 1. The number of benzene rings is 1. The molecule has 10 heteroatoms. The Morgan fingerprint density at radius 3 is 2.65 bits per heavy atom. The molecule has 3 aliphatic rings. The van der Waals surface area contributed by atoms with Gasteiger partial charge in [-0.05, 0) is 42.0 Å². The van der Waals surface area contributed by atoms with Gasteiger partial charge in [0.25, 0.3) is 0 Å². The molecule has 5 atom stereocenters. The number of fused-ring (bicyclic) bond motifs is 1. The Bertz CT molecular complexity index is 1340. The third kappa shape index (κ3) is 4.36. The van der Waals surface area contributed by atoms with E-state index in [1.54, 1.807) is 10.9 Å². The highest BCUT2D eigenvalue weighted by molar-refractivity contribution is 6.34. The van der Waals surface area contributed by atoms with Gasteiger partial charge in [-0.25, -0.2) is 9.37 Å². The van der Waals surface area contributed by atoms with Crippen molar-refractivity contribution in [3.05, 3.63) is 47.4 Å². The smallest absolute Gasteiger partial charge is 0.229 e. The van der Waals surface area contributed by atoms with E-state index < -0.39 is 11.7 Å². The molecule has 6 rings (SSSR count). The lowest BCUT2D eigenvalue weighted by molar-refractivity contribution is -0.117. The van der Waals surface area contributed by atoms with Crippen molar-refractivity contribution in [1.29, 1.82) is 0 Å². The number of nitrogens with one attached hydrogen (secondary N) is 1. The zero-order chi connectivity index (χ0) is 25.9. The lowest BCUT2D eigenvalue weighted by Crippen LogP contribution is -2.59. The summed E-state index contributed by atoms with van der Waals surface area (Å²) in [6.07, 6.45) is 4.59. The maximum atomic E-state index is 14.5. The van der Waals surface area contributed by atoms with Crippen LogP contribution < -0.4 is 10.2 Å². The van der Waals surface area contributed by atoms with Gasteiger partial charge >= 0.3 is 0 Å².